The molecule has 0 unspecified atom stereocenters. The summed E-state index contributed by atoms with van der Waals surface area (Å²) in [6.45, 7) is 0.710. The van der Waals surface area contributed by atoms with Crippen molar-refractivity contribution in [3.05, 3.63) is 130 Å². The maximum atomic E-state index is 13.0. The number of benzene rings is 4. The van der Waals surface area contributed by atoms with Gasteiger partial charge in [-0.15, -0.1) is 0 Å². The van der Waals surface area contributed by atoms with Gasteiger partial charge in [0, 0.05) is 45.0 Å². The lowest BCUT2D eigenvalue weighted by Gasteiger charge is -2.14. The summed E-state index contributed by atoms with van der Waals surface area (Å²) in [6, 6.07) is 30.6. The second-order valence-electron chi connectivity index (χ2n) is 9.10. The summed E-state index contributed by atoms with van der Waals surface area (Å²) in [5, 5.41) is 7.17. The van der Waals surface area contributed by atoms with Crippen LogP contribution in [-0.4, -0.2) is 21.3 Å². The Morgan fingerprint density at radius 3 is 2.03 bits per heavy atom. The molecule has 0 aliphatic heterocycles. The molecule has 0 bridgehead atoms. The van der Waals surface area contributed by atoms with Crippen LogP contribution in [0.1, 0.15) is 11.1 Å². The van der Waals surface area contributed by atoms with E-state index in [9.17, 15) is 9.59 Å². The van der Waals surface area contributed by atoms with E-state index in [1.54, 1.807) is 18.3 Å². The minimum atomic E-state index is -0.287. The maximum absolute atomic E-state index is 13.0. The molecule has 0 spiro atoms. The van der Waals surface area contributed by atoms with Crippen LogP contribution in [0.25, 0.3) is 32.7 Å². The predicted molar refractivity (Wildman–Crippen MR) is 154 cm³/mol. The Morgan fingerprint density at radius 1 is 0.789 bits per heavy atom. The number of amides is 1. The summed E-state index contributed by atoms with van der Waals surface area (Å²) in [4.78, 5) is 25.9. The molecule has 0 saturated heterocycles. The molecule has 2 aromatic heterocycles. The molecule has 6 rings (SSSR count). The average Bonchev–Trinajstić information content (AvgIpc) is 3.29. The van der Waals surface area contributed by atoms with Gasteiger partial charge in [0.05, 0.1) is 17.2 Å². The third kappa shape index (κ3) is 4.46. The van der Waals surface area contributed by atoms with Crippen LogP contribution < -0.4 is 10.9 Å². The van der Waals surface area contributed by atoms with Gasteiger partial charge in [-0.3, -0.25) is 9.59 Å². The Hall–Kier alpha value is -4.68. The van der Waals surface area contributed by atoms with Crippen molar-refractivity contribution in [2.24, 2.45) is 5.10 Å². The summed E-state index contributed by atoms with van der Waals surface area (Å²) in [5.41, 5.74) is 7.14. The molecule has 38 heavy (non-hydrogen) atoms. The van der Waals surface area contributed by atoms with Gasteiger partial charge in [0.15, 0.2) is 5.43 Å². The van der Waals surface area contributed by atoms with Crippen LogP contribution in [0.5, 0.6) is 0 Å². The summed E-state index contributed by atoms with van der Waals surface area (Å²) in [6.07, 6.45) is 3.69. The number of hydrogen-bond donors (Lipinski definition) is 1. The number of fused-ring (bicyclic) bond motifs is 3. The number of halogens is 1. The van der Waals surface area contributed by atoms with Crippen LogP contribution in [0.15, 0.2) is 113 Å². The van der Waals surface area contributed by atoms with E-state index in [-0.39, 0.29) is 17.9 Å². The third-order valence-electron chi connectivity index (χ3n) is 6.66. The van der Waals surface area contributed by atoms with Crippen molar-refractivity contribution < 1.29 is 4.79 Å². The van der Waals surface area contributed by atoms with Gasteiger partial charge in [-0.25, -0.2) is 5.43 Å². The van der Waals surface area contributed by atoms with Crippen LogP contribution in [0.2, 0.25) is 5.02 Å². The standard InChI is InChI=1S/C31H23ClN4O2/c32-23-15-13-21(14-16-23)18-35-19-22(24-7-1-4-10-27(24)35)17-33-34-30(37)20-36-28-11-5-2-8-25(28)31(38)26-9-3-6-12-29(26)36/h1-17,19H,18,20H2,(H,34,37)/b33-17-. The summed E-state index contributed by atoms with van der Waals surface area (Å²) in [5.74, 6) is -0.287. The lowest BCUT2D eigenvalue weighted by molar-refractivity contribution is -0.121. The minimum absolute atomic E-state index is 0.0248. The topological polar surface area (TPSA) is 68.4 Å². The highest BCUT2D eigenvalue weighted by atomic mass is 35.5. The lowest BCUT2D eigenvalue weighted by atomic mass is 10.1. The average molecular weight is 519 g/mol. The van der Waals surface area contributed by atoms with Gasteiger partial charge >= 0.3 is 0 Å². The maximum Gasteiger partial charge on any atom is 0.260 e. The van der Waals surface area contributed by atoms with Crippen molar-refractivity contribution in [2.75, 3.05) is 0 Å². The zero-order valence-electron chi connectivity index (χ0n) is 20.3. The van der Waals surface area contributed by atoms with Crippen molar-refractivity contribution in [3.63, 3.8) is 0 Å². The zero-order valence-corrected chi connectivity index (χ0v) is 21.1. The van der Waals surface area contributed by atoms with E-state index in [1.807, 2.05) is 89.6 Å². The number of aromatic nitrogens is 2. The molecular formula is C31H23ClN4O2. The Bertz CT molecular complexity index is 1840. The number of pyridine rings is 1. The van der Waals surface area contributed by atoms with Crippen molar-refractivity contribution in [1.29, 1.82) is 0 Å². The molecule has 1 amide bonds. The fourth-order valence-electron chi connectivity index (χ4n) is 4.90. The molecule has 0 fully saturated rings. The number of rotatable bonds is 6. The third-order valence-corrected chi connectivity index (χ3v) is 6.91. The number of hydrazone groups is 1. The van der Waals surface area contributed by atoms with E-state index in [2.05, 4.69) is 21.2 Å². The first kappa shape index (κ1) is 23.7. The molecule has 186 valence electrons. The molecule has 0 atom stereocenters. The lowest BCUT2D eigenvalue weighted by Crippen LogP contribution is -2.25. The number of para-hydroxylation sites is 3. The Labute approximate surface area is 223 Å². The first-order chi connectivity index (χ1) is 18.6. The Morgan fingerprint density at radius 2 is 1.37 bits per heavy atom. The monoisotopic (exact) mass is 518 g/mol. The summed E-state index contributed by atoms with van der Waals surface area (Å²) >= 11 is 6.04. The number of nitrogens with one attached hydrogen (secondary N) is 1. The summed E-state index contributed by atoms with van der Waals surface area (Å²) in [7, 11) is 0. The molecule has 2 heterocycles. The smallest absolute Gasteiger partial charge is 0.260 e. The van der Waals surface area contributed by atoms with Crippen LogP contribution in [0, 0.1) is 0 Å². The Balaban J connectivity index is 1.26. The van der Waals surface area contributed by atoms with E-state index in [0.717, 1.165) is 22.0 Å². The fourth-order valence-corrected chi connectivity index (χ4v) is 5.02. The van der Waals surface area contributed by atoms with Crippen molar-refractivity contribution in [2.45, 2.75) is 13.1 Å². The van der Waals surface area contributed by atoms with Crippen molar-refractivity contribution in [1.82, 2.24) is 14.6 Å². The van der Waals surface area contributed by atoms with Gasteiger partial charge in [-0.05, 0) is 48.0 Å². The van der Waals surface area contributed by atoms with E-state index in [1.165, 1.54) is 0 Å². The van der Waals surface area contributed by atoms with E-state index >= 15 is 0 Å². The van der Waals surface area contributed by atoms with Gasteiger partial charge in [0.25, 0.3) is 5.91 Å². The van der Waals surface area contributed by atoms with E-state index in [0.29, 0.717) is 33.4 Å². The number of carbonyl (C=O) groups excluding carboxylic acids is 1. The largest absolute Gasteiger partial charge is 0.342 e. The molecule has 0 aliphatic carbocycles. The molecular weight excluding hydrogens is 496 g/mol. The first-order valence-electron chi connectivity index (χ1n) is 12.2. The molecule has 0 radical (unpaired) electrons. The Kier molecular flexibility index (Phi) is 6.23. The quantitative estimate of drug-likeness (QED) is 0.168. The van der Waals surface area contributed by atoms with Gasteiger partial charge < -0.3 is 9.13 Å². The number of nitrogens with zero attached hydrogens (tertiary/aromatic N) is 3. The second kappa shape index (κ2) is 10.00. The van der Waals surface area contributed by atoms with Gasteiger partial charge in [0.1, 0.15) is 6.54 Å². The molecule has 1 N–H and O–H groups in total. The van der Waals surface area contributed by atoms with Crippen LogP contribution in [0.3, 0.4) is 0 Å². The molecule has 0 saturated carbocycles. The normalized spacial score (nSPS) is 11.6. The highest BCUT2D eigenvalue weighted by Gasteiger charge is 2.13. The molecule has 6 nitrogen and oxygen atoms in total. The van der Waals surface area contributed by atoms with Gasteiger partial charge in [0.2, 0.25) is 0 Å². The van der Waals surface area contributed by atoms with E-state index < -0.39 is 0 Å². The SMILES string of the molecule is O=C(Cn1c2ccccc2c(=O)c2ccccc21)N/N=C\c1cn(Cc2ccc(Cl)cc2)c2ccccc12. The van der Waals surface area contributed by atoms with Gasteiger partial charge in [-0.1, -0.05) is 66.2 Å². The van der Waals surface area contributed by atoms with Gasteiger partial charge in [-0.2, -0.15) is 5.10 Å². The van der Waals surface area contributed by atoms with Crippen LogP contribution in [0.4, 0.5) is 0 Å². The van der Waals surface area contributed by atoms with Crippen LogP contribution >= 0.6 is 11.6 Å². The van der Waals surface area contributed by atoms with Crippen LogP contribution in [-0.2, 0) is 17.9 Å². The van der Waals surface area contributed by atoms with Crippen molar-refractivity contribution in [3.8, 4) is 0 Å². The predicted octanol–water partition coefficient (Wildman–Crippen LogP) is 5.96. The molecule has 7 heteroatoms. The molecule has 0 aliphatic rings. The van der Waals surface area contributed by atoms with E-state index in [4.69, 9.17) is 11.6 Å². The highest BCUT2D eigenvalue weighted by molar-refractivity contribution is 6.30. The number of hydrogen-bond acceptors (Lipinski definition) is 3. The first-order valence-corrected chi connectivity index (χ1v) is 12.6. The number of carbonyl (C=O) groups is 1. The highest BCUT2D eigenvalue weighted by Crippen LogP contribution is 2.22. The van der Waals surface area contributed by atoms with Crippen molar-refractivity contribution >= 4 is 56.4 Å². The molecule has 6 aromatic rings. The molecule has 4 aromatic carbocycles. The fraction of sp³-hybridized carbons (Fsp3) is 0.0645. The minimum Gasteiger partial charge on any atom is -0.342 e. The zero-order chi connectivity index (χ0) is 26.1. The summed E-state index contributed by atoms with van der Waals surface area (Å²) < 4.78 is 4.01. The second-order valence-corrected chi connectivity index (χ2v) is 9.54.